The Kier molecular flexibility index (Phi) is 8.99. The molecular weight excluding hydrogens is 342 g/mol. The van der Waals surface area contributed by atoms with Crippen LogP contribution in [-0.4, -0.2) is 49.2 Å². The van der Waals surface area contributed by atoms with Gasteiger partial charge in [-0.25, -0.2) is 8.78 Å². The molecule has 0 spiro atoms. The predicted molar refractivity (Wildman–Crippen MR) is 84.7 cm³/mol. The Hall–Kier alpha value is -0.560. The quantitative estimate of drug-likeness (QED) is 0.669. The van der Waals surface area contributed by atoms with Crippen molar-refractivity contribution in [2.24, 2.45) is 0 Å². The van der Waals surface area contributed by atoms with Gasteiger partial charge in [0.05, 0.1) is 13.2 Å². The van der Waals surface area contributed by atoms with Gasteiger partial charge >= 0.3 is 0 Å². The molecule has 2 N–H and O–H groups in total. The van der Waals surface area contributed by atoms with Crippen molar-refractivity contribution in [3.63, 3.8) is 0 Å². The second-order valence-corrected chi connectivity index (χ2v) is 5.69. The molecule has 6 heteroatoms. The topological polar surface area (TPSA) is 35.5 Å². The molecule has 0 aliphatic rings. The Balaban J connectivity index is 2.67. The van der Waals surface area contributed by atoms with Gasteiger partial charge in [-0.15, -0.1) is 0 Å². The second-order valence-electron chi connectivity index (χ2n) is 4.84. The first-order valence-electron chi connectivity index (χ1n) is 7.17. The molecule has 0 aliphatic carbocycles. The van der Waals surface area contributed by atoms with Crippen LogP contribution in [0.1, 0.15) is 24.9 Å². The largest absolute Gasteiger partial charge is 0.395 e. The molecule has 0 heterocycles. The Morgan fingerprint density at radius 3 is 2.57 bits per heavy atom. The minimum absolute atomic E-state index is 0.101. The maximum Gasteiger partial charge on any atom is 0.251 e. The zero-order valence-corrected chi connectivity index (χ0v) is 13.8. The highest BCUT2D eigenvalue weighted by atomic mass is 79.9. The smallest absolute Gasteiger partial charge is 0.251 e. The number of hydrogen-bond acceptors (Lipinski definition) is 3. The first-order chi connectivity index (χ1) is 10.1. The van der Waals surface area contributed by atoms with E-state index < -0.39 is 6.43 Å². The summed E-state index contributed by atoms with van der Waals surface area (Å²) < 4.78 is 26.1. The molecule has 0 radical (unpaired) electrons. The van der Waals surface area contributed by atoms with E-state index in [9.17, 15) is 8.78 Å². The molecule has 1 unspecified atom stereocenters. The fourth-order valence-corrected chi connectivity index (χ4v) is 2.88. The van der Waals surface area contributed by atoms with Gasteiger partial charge in [0.15, 0.2) is 0 Å². The van der Waals surface area contributed by atoms with E-state index in [1.54, 1.807) is 4.90 Å². The lowest BCUT2D eigenvalue weighted by Crippen LogP contribution is -2.35. The van der Waals surface area contributed by atoms with Gasteiger partial charge in [0.2, 0.25) is 0 Å². The van der Waals surface area contributed by atoms with Crippen LogP contribution < -0.4 is 5.32 Å². The number of halogens is 3. The Labute approximate surface area is 133 Å². The summed E-state index contributed by atoms with van der Waals surface area (Å²) >= 11 is 3.53. The third-order valence-corrected chi connectivity index (χ3v) is 4.00. The number of nitrogens with one attached hydrogen (secondary N) is 1. The zero-order valence-electron chi connectivity index (χ0n) is 12.2. The van der Waals surface area contributed by atoms with Crippen molar-refractivity contribution < 1.29 is 13.9 Å². The number of alkyl halides is 2. The summed E-state index contributed by atoms with van der Waals surface area (Å²) in [6.07, 6.45) is -1.67. The van der Waals surface area contributed by atoms with E-state index in [0.717, 1.165) is 16.6 Å². The second kappa shape index (κ2) is 10.2. The molecule has 0 aromatic heterocycles. The molecule has 0 bridgehead atoms. The predicted octanol–water partition coefficient (Wildman–Crippen LogP) is 3.05. The van der Waals surface area contributed by atoms with Crippen molar-refractivity contribution >= 4 is 15.9 Å². The number of nitrogens with zero attached hydrogens (tertiary/aromatic N) is 1. The summed E-state index contributed by atoms with van der Waals surface area (Å²) in [6, 6.07) is 8.02. The van der Waals surface area contributed by atoms with Crippen molar-refractivity contribution in [1.82, 2.24) is 10.2 Å². The highest BCUT2D eigenvalue weighted by Gasteiger charge is 2.17. The summed E-state index contributed by atoms with van der Waals surface area (Å²) in [7, 11) is 0. The van der Waals surface area contributed by atoms with E-state index in [0.29, 0.717) is 13.0 Å². The van der Waals surface area contributed by atoms with Gasteiger partial charge in [0, 0.05) is 23.6 Å². The molecule has 1 aromatic carbocycles. The van der Waals surface area contributed by atoms with Crippen molar-refractivity contribution in [2.45, 2.75) is 25.8 Å². The van der Waals surface area contributed by atoms with Crippen LogP contribution in [0, 0.1) is 0 Å². The fourth-order valence-electron chi connectivity index (χ4n) is 2.31. The first kappa shape index (κ1) is 18.5. The molecule has 1 aromatic rings. The van der Waals surface area contributed by atoms with Gasteiger partial charge in [-0.2, -0.15) is 0 Å². The Morgan fingerprint density at radius 1 is 1.29 bits per heavy atom. The lowest BCUT2D eigenvalue weighted by molar-refractivity contribution is 0.0761. The standard InChI is InChI=1S/C15H23BrF2N2O/c1-2-19-14(12-5-3-4-6-13(12)16)7-8-20(9-10-21)11-15(17)18/h3-6,14-15,19,21H,2,7-11H2,1H3. The van der Waals surface area contributed by atoms with Gasteiger partial charge in [-0.1, -0.05) is 41.1 Å². The highest BCUT2D eigenvalue weighted by Crippen LogP contribution is 2.25. The molecular formula is C15H23BrF2N2O. The van der Waals surface area contributed by atoms with Crippen LogP contribution >= 0.6 is 15.9 Å². The molecule has 0 amide bonds. The van der Waals surface area contributed by atoms with E-state index in [1.807, 2.05) is 31.2 Å². The van der Waals surface area contributed by atoms with E-state index in [4.69, 9.17) is 5.11 Å². The molecule has 0 aliphatic heterocycles. The number of hydrogen-bond donors (Lipinski definition) is 2. The van der Waals surface area contributed by atoms with Crippen molar-refractivity contribution in [3.05, 3.63) is 34.3 Å². The maximum absolute atomic E-state index is 12.5. The molecule has 3 nitrogen and oxygen atoms in total. The lowest BCUT2D eigenvalue weighted by atomic mass is 10.0. The third-order valence-electron chi connectivity index (χ3n) is 3.28. The van der Waals surface area contributed by atoms with Crippen molar-refractivity contribution in [1.29, 1.82) is 0 Å². The van der Waals surface area contributed by atoms with Crippen LogP contribution in [0.5, 0.6) is 0 Å². The summed E-state index contributed by atoms with van der Waals surface area (Å²) in [5, 5.41) is 12.4. The molecule has 0 saturated carbocycles. The molecule has 21 heavy (non-hydrogen) atoms. The Morgan fingerprint density at radius 2 is 2.00 bits per heavy atom. The number of rotatable bonds is 10. The monoisotopic (exact) mass is 364 g/mol. The summed E-state index contributed by atoms with van der Waals surface area (Å²) in [6.45, 7) is 3.22. The van der Waals surface area contributed by atoms with Gasteiger partial charge < -0.3 is 10.4 Å². The third kappa shape index (κ3) is 6.82. The van der Waals surface area contributed by atoms with E-state index in [-0.39, 0.29) is 25.7 Å². The van der Waals surface area contributed by atoms with Gasteiger partial charge in [0.25, 0.3) is 6.43 Å². The van der Waals surface area contributed by atoms with E-state index in [1.165, 1.54) is 0 Å². The summed E-state index contributed by atoms with van der Waals surface area (Å²) in [4.78, 5) is 1.60. The van der Waals surface area contributed by atoms with Crippen LogP contribution in [-0.2, 0) is 0 Å². The van der Waals surface area contributed by atoms with E-state index >= 15 is 0 Å². The SMILES string of the molecule is CCNC(CCN(CCO)CC(F)F)c1ccccc1Br. The molecule has 1 rings (SSSR count). The van der Waals surface area contributed by atoms with Gasteiger partial charge in [-0.3, -0.25) is 4.90 Å². The number of aliphatic hydroxyl groups is 1. The molecule has 0 fully saturated rings. The highest BCUT2D eigenvalue weighted by molar-refractivity contribution is 9.10. The van der Waals surface area contributed by atoms with Crippen LogP contribution in [0.15, 0.2) is 28.7 Å². The van der Waals surface area contributed by atoms with Gasteiger partial charge in [0.1, 0.15) is 0 Å². The number of benzene rings is 1. The van der Waals surface area contributed by atoms with Crippen LogP contribution in [0.4, 0.5) is 8.78 Å². The molecule has 0 saturated heterocycles. The summed E-state index contributed by atoms with van der Waals surface area (Å²) in [5.41, 5.74) is 1.13. The first-order valence-corrected chi connectivity index (χ1v) is 7.97. The Bertz CT molecular complexity index is 407. The average molecular weight is 365 g/mol. The van der Waals surface area contributed by atoms with E-state index in [2.05, 4.69) is 21.2 Å². The summed E-state index contributed by atoms with van der Waals surface area (Å²) in [5.74, 6) is 0. The number of aliphatic hydroxyl groups excluding tert-OH is 1. The van der Waals surface area contributed by atoms with Crippen LogP contribution in [0.2, 0.25) is 0 Å². The average Bonchev–Trinajstić information content (AvgIpc) is 2.43. The normalized spacial score (nSPS) is 13.1. The minimum atomic E-state index is -2.38. The van der Waals surface area contributed by atoms with Crippen molar-refractivity contribution in [3.8, 4) is 0 Å². The van der Waals surface area contributed by atoms with Crippen LogP contribution in [0.3, 0.4) is 0 Å². The van der Waals surface area contributed by atoms with Crippen LogP contribution in [0.25, 0.3) is 0 Å². The molecule has 120 valence electrons. The lowest BCUT2D eigenvalue weighted by Gasteiger charge is -2.25. The van der Waals surface area contributed by atoms with Gasteiger partial charge in [-0.05, 0) is 24.6 Å². The molecule has 1 atom stereocenters. The zero-order chi connectivity index (χ0) is 15.7. The minimum Gasteiger partial charge on any atom is -0.395 e. The fraction of sp³-hybridized carbons (Fsp3) is 0.600. The van der Waals surface area contributed by atoms with Crippen molar-refractivity contribution in [2.75, 3.05) is 32.8 Å². The maximum atomic E-state index is 12.5.